The normalized spacial score (nSPS) is 13.8. The lowest BCUT2D eigenvalue weighted by Crippen LogP contribution is -2.47. The summed E-state index contributed by atoms with van der Waals surface area (Å²) < 4.78 is 0.903. The Morgan fingerprint density at radius 2 is 1.75 bits per heavy atom. The molecule has 11 heteroatoms. The number of nitrogens with one attached hydrogen (secondary N) is 1. The smallest absolute Gasteiger partial charge is 0.261 e. The van der Waals surface area contributed by atoms with Gasteiger partial charge in [-0.05, 0) is 36.8 Å². The molecule has 180 valence electrons. The van der Waals surface area contributed by atoms with Crippen LogP contribution < -0.4 is 15.1 Å². The lowest BCUT2D eigenvalue weighted by Gasteiger charge is -2.36. The molecule has 36 heavy (non-hydrogen) atoms. The van der Waals surface area contributed by atoms with E-state index in [9.17, 15) is 4.79 Å². The van der Waals surface area contributed by atoms with Gasteiger partial charge in [0.05, 0.1) is 16.0 Å². The summed E-state index contributed by atoms with van der Waals surface area (Å²) in [6, 6.07) is 7.89. The molecule has 0 spiro atoms. The van der Waals surface area contributed by atoms with Gasteiger partial charge in [0.25, 0.3) is 5.91 Å². The van der Waals surface area contributed by atoms with E-state index in [1.54, 1.807) is 36.1 Å². The number of carbonyl (C=O) groups excluding carboxylic acids is 1. The maximum Gasteiger partial charge on any atom is 0.261 e. The van der Waals surface area contributed by atoms with Gasteiger partial charge in [-0.3, -0.25) is 20.1 Å². The van der Waals surface area contributed by atoms with E-state index >= 15 is 0 Å². The van der Waals surface area contributed by atoms with Crippen molar-refractivity contribution in [2.75, 3.05) is 41.3 Å². The Kier molecular flexibility index (Phi) is 5.99. The molecule has 1 amide bonds. The number of carbonyl (C=O) groups is 1. The van der Waals surface area contributed by atoms with Gasteiger partial charge in [0, 0.05) is 73.8 Å². The predicted molar refractivity (Wildman–Crippen MR) is 144 cm³/mol. The Labute approximate surface area is 215 Å². The van der Waals surface area contributed by atoms with Gasteiger partial charge in [-0.1, -0.05) is 11.3 Å². The molecule has 1 fully saturated rings. The maximum absolute atomic E-state index is 13.3. The molecule has 0 bridgehead atoms. The van der Waals surface area contributed by atoms with Crippen molar-refractivity contribution in [1.29, 1.82) is 0 Å². The zero-order valence-corrected chi connectivity index (χ0v) is 21.1. The average molecular weight is 515 g/mol. The first-order chi connectivity index (χ1) is 17.6. The van der Waals surface area contributed by atoms with Crippen LogP contribution in [0.25, 0.3) is 21.5 Å². The van der Waals surface area contributed by atoms with Crippen molar-refractivity contribution in [3.05, 3.63) is 71.9 Å². The lowest BCUT2D eigenvalue weighted by molar-refractivity contribution is 0.102. The van der Waals surface area contributed by atoms with Crippen LogP contribution in [0.3, 0.4) is 0 Å². The monoisotopic (exact) mass is 514 g/mol. The Balaban J connectivity index is 1.22. The Morgan fingerprint density at radius 3 is 2.53 bits per heavy atom. The number of aromatic nitrogens is 5. The second-order valence-electron chi connectivity index (χ2n) is 8.39. The minimum Gasteiger partial charge on any atom is -0.367 e. The zero-order valence-electron chi connectivity index (χ0n) is 19.5. The minimum absolute atomic E-state index is 0.228. The Bertz CT molecular complexity index is 1510. The third-order valence-electron chi connectivity index (χ3n) is 6.05. The number of piperazine rings is 1. The van der Waals surface area contributed by atoms with Crippen LogP contribution in [0.2, 0.25) is 0 Å². The first-order valence-corrected chi connectivity index (χ1v) is 13.2. The van der Waals surface area contributed by atoms with E-state index < -0.39 is 0 Å². The number of aryl methyl sites for hydroxylation is 1. The van der Waals surface area contributed by atoms with E-state index in [2.05, 4.69) is 40.0 Å². The molecular weight excluding hydrogens is 492 g/mol. The molecule has 1 N–H and O–H groups in total. The van der Waals surface area contributed by atoms with Crippen LogP contribution in [0.15, 0.2) is 60.6 Å². The molecule has 0 aromatic carbocycles. The highest BCUT2D eigenvalue weighted by atomic mass is 32.1. The predicted octanol–water partition coefficient (Wildman–Crippen LogP) is 4.49. The van der Waals surface area contributed by atoms with Gasteiger partial charge >= 0.3 is 0 Å². The highest BCUT2D eigenvalue weighted by molar-refractivity contribution is 7.22. The van der Waals surface area contributed by atoms with Crippen molar-refractivity contribution in [3.63, 3.8) is 0 Å². The van der Waals surface area contributed by atoms with Crippen LogP contribution in [0.4, 0.5) is 16.0 Å². The van der Waals surface area contributed by atoms with Gasteiger partial charge in [-0.15, -0.1) is 11.3 Å². The molecule has 6 heterocycles. The van der Waals surface area contributed by atoms with E-state index in [4.69, 9.17) is 0 Å². The number of amides is 1. The number of hydrogen-bond donors (Lipinski definition) is 1. The SMILES string of the molecule is Cc1cc(N2CCN(c3nccs3)CC2)c(C(=O)Nc2nc3ncc(-c4ccncc4)cc3s2)cn1. The first-order valence-electron chi connectivity index (χ1n) is 11.5. The van der Waals surface area contributed by atoms with Crippen molar-refractivity contribution in [1.82, 2.24) is 24.9 Å². The molecule has 1 aliphatic heterocycles. The number of fused-ring (bicyclic) bond motifs is 1. The Morgan fingerprint density at radius 1 is 0.944 bits per heavy atom. The van der Waals surface area contributed by atoms with Gasteiger partial charge in [0.15, 0.2) is 15.9 Å². The van der Waals surface area contributed by atoms with Crippen LogP contribution in [-0.4, -0.2) is 57.0 Å². The number of thiazole rings is 2. The second-order valence-corrected chi connectivity index (χ2v) is 10.3. The number of hydrogen-bond acceptors (Lipinski definition) is 10. The average Bonchev–Trinajstić information content (AvgIpc) is 3.59. The fourth-order valence-electron chi connectivity index (χ4n) is 4.23. The summed E-state index contributed by atoms with van der Waals surface area (Å²) in [4.78, 5) is 39.8. The second kappa shape index (κ2) is 9.59. The van der Waals surface area contributed by atoms with Crippen LogP contribution in [0.1, 0.15) is 16.1 Å². The highest BCUT2D eigenvalue weighted by Crippen LogP contribution is 2.30. The molecule has 0 radical (unpaired) electrons. The summed E-state index contributed by atoms with van der Waals surface area (Å²) in [5, 5.41) is 6.51. The summed E-state index contributed by atoms with van der Waals surface area (Å²) in [7, 11) is 0. The van der Waals surface area contributed by atoms with Crippen LogP contribution in [-0.2, 0) is 0 Å². The fourth-order valence-corrected chi connectivity index (χ4v) is 5.79. The quantitative estimate of drug-likeness (QED) is 0.366. The van der Waals surface area contributed by atoms with Gasteiger partial charge in [0.2, 0.25) is 0 Å². The van der Waals surface area contributed by atoms with E-state index in [0.29, 0.717) is 16.3 Å². The fraction of sp³-hybridized carbons (Fsp3) is 0.200. The largest absolute Gasteiger partial charge is 0.367 e. The van der Waals surface area contributed by atoms with E-state index in [1.165, 1.54) is 11.3 Å². The minimum atomic E-state index is -0.228. The summed E-state index contributed by atoms with van der Waals surface area (Å²) in [6.07, 6.45) is 8.78. The molecule has 1 aliphatic rings. The topological polar surface area (TPSA) is 100 Å². The molecule has 0 aliphatic carbocycles. The summed E-state index contributed by atoms with van der Waals surface area (Å²) in [5.74, 6) is -0.228. The first kappa shape index (κ1) is 22.5. The molecule has 6 rings (SSSR count). The molecule has 0 atom stereocenters. The summed E-state index contributed by atoms with van der Waals surface area (Å²) in [6.45, 7) is 5.23. The van der Waals surface area contributed by atoms with Crippen molar-refractivity contribution in [3.8, 4) is 11.1 Å². The highest BCUT2D eigenvalue weighted by Gasteiger charge is 2.24. The van der Waals surface area contributed by atoms with E-state index in [-0.39, 0.29) is 5.91 Å². The summed E-state index contributed by atoms with van der Waals surface area (Å²) in [5.41, 5.74) is 4.91. The molecule has 0 unspecified atom stereocenters. The molecule has 1 saturated heterocycles. The number of anilines is 3. The third kappa shape index (κ3) is 4.50. The van der Waals surface area contributed by atoms with Gasteiger partial charge in [0.1, 0.15) is 0 Å². The number of pyridine rings is 3. The van der Waals surface area contributed by atoms with Crippen molar-refractivity contribution >= 4 is 54.9 Å². The van der Waals surface area contributed by atoms with Crippen LogP contribution in [0.5, 0.6) is 0 Å². The van der Waals surface area contributed by atoms with Gasteiger partial charge in [-0.25, -0.2) is 9.97 Å². The van der Waals surface area contributed by atoms with Crippen molar-refractivity contribution in [2.24, 2.45) is 0 Å². The standard InChI is InChI=1S/C25H22N8OS2/c1-16-12-20(32-7-9-33(10-8-32)25-27-6-11-35-25)19(15-28-16)23(34)31-24-30-22-21(36-24)13-18(14-29-22)17-2-4-26-5-3-17/h2-6,11-15H,7-10H2,1H3,(H,29,30,31,34). The summed E-state index contributed by atoms with van der Waals surface area (Å²) >= 11 is 3.05. The maximum atomic E-state index is 13.3. The van der Waals surface area contributed by atoms with Crippen molar-refractivity contribution < 1.29 is 4.79 Å². The van der Waals surface area contributed by atoms with E-state index in [1.807, 2.05) is 42.8 Å². The number of nitrogens with zero attached hydrogens (tertiary/aromatic N) is 7. The van der Waals surface area contributed by atoms with Crippen LogP contribution in [0, 0.1) is 6.92 Å². The Hall–Kier alpha value is -3.96. The zero-order chi connectivity index (χ0) is 24.5. The molecule has 9 nitrogen and oxygen atoms in total. The number of rotatable bonds is 5. The molecular formula is C25H22N8OS2. The van der Waals surface area contributed by atoms with E-state index in [0.717, 1.165) is 58.5 Å². The third-order valence-corrected chi connectivity index (χ3v) is 7.79. The van der Waals surface area contributed by atoms with Crippen molar-refractivity contribution in [2.45, 2.75) is 6.92 Å². The lowest BCUT2D eigenvalue weighted by atomic mass is 10.1. The molecule has 0 saturated carbocycles. The molecule has 5 aromatic rings. The van der Waals surface area contributed by atoms with Gasteiger partial charge < -0.3 is 9.80 Å². The van der Waals surface area contributed by atoms with Crippen LogP contribution >= 0.6 is 22.7 Å². The molecule has 5 aromatic heterocycles. The van der Waals surface area contributed by atoms with Gasteiger partial charge in [-0.2, -0.15) is 4.98 Å².